The van der Waals surface area contributed by atoms with E-state index in [0.29, 0.717) is 15.4 Å². The standard InChI is InChI=1S/C18H17F2N3O2S/c1-8-6-9(2)23-18-12(8)15(21)16(26-18)17(24)22-7-10-4-5-11(25-3)14(20)13(10)19/h4-6H,7,21H2,1-3H3,(H,22,24). The van der Waals surface area contributed by atoms with Gasteiger partial charge in [-0.15, -0.1) is 11.3 Å². The molecule has 0 bridgehead atoms. The number of ether oxygens (including phenoxy) is 1. The van der Waals surface area contributed by atoms with Gasteiger partial charge in [-0.25, -0.2) is 9.37 Å². The number of thiophene rings is 1. The molecule has 3 N–H and O–H groups in total. The maximum Gasteiger partial charge on any atom is 0.263 e. The number of nitrogen functional groups attached to an aromatic ring is 1. The number of carbonyl (C=O) groups is 1. The van der Waals surface area contributed by atoms with Crippen molar-refractivity contribution in [2.75, 3.05) is 12.8 Å². The summed E-state index contributed by atoms with van der Waals surface area (Å²) in [5, 5.41) is 3.32. The number of pyridine rings is 1. The van der Waals surface area contributed by atoms with E-state index in [1.807, 2.05) is 19.9 Å². The van der Waals surface area contributed by atoms with Crippen LogP contribution in [0.4, 0.5) is 14.5 Å². The molecule has 1 amide bonds. The van der Waals surface area contributed by atoms with Gasteiger partial charge in [-0.3, -0.25) is 4.79 Å². The van der Waals surface area contributed by atoms with E-state index in [0.717, 1.165) is 16.6 Å². The van der Waals surface area contributed by atoms with Gasteiger partial charge in [0.25, 0.3) is 5.91 Å². The molecule has 1 aromatic carbocycles. The predicted molar refractivity (Wildman–Crippen MR) is 97.6 cm³/mol. The van der Waals surface area contributed by atoms with Crippen molar-refractivity contribution in [1.82, 2.24) is 10.3 Å². The number of aromatic nitrogens is 1. The largest absolute Gasteiger partial charge is 0.494 e. The molecule has 8 heteroatoms. The van der Waals surface area contributed by atoms with Gasteiger partial charge in [-0.05, 0) is 31.5 Å². The zero-order valence-corrected chi connectivity index (χ0v) is 15.3. The Morgan fingerprint density at radius 1 is 1.31 bits per heavy atom. The number of methoxy groups -OCH3 is 1. The van der Waals surface area contributed by atoms with Gasteiger partial charge in [-0.2, -0.15) is 4.39 Å². The molecule has 2 heterocycles. The SMILES string of the molecule is COc1ccc(CNC(=O)c2sc3nc(C)cc(C)c3c2N)c(F)c1F. The monoisotopic (exact) mass is 377 g/mol. The van der Waals surface area contributed by atoms with Crippen LogP contribution in [-0.2, 0) is 6.54 Å². The molecule has 0 saturated heterocycles. The second kappa shape index (κ2) is 6.87. The fourth-order valence-electron chi connectivity index (χ4n) is 2.76. The van der Waals surface area contributed by atoms with Crippen LogP contribution in [0.2, 0.25) is 0 Å². The molecule has 26 heavy (non-hydrogen) atoms. The molecular weight excluding hydrogens is 360 g/mol. The lowest BCUT2D eigenvalue weighted by molar-refractivity contribution is 0.0955. The highest BCUT2D eigenvalue weighted by Gasteiger charge is 2.20. The Labute approximate surface area is 152 Å². The van der Waals surface area contributed by atoms with Crippen molar-refractivity contribution in [1.29, 1.82) is 0 Å². The lowest BCUT2D eigenvalue weighted by Gasteiger charge is -2.09. The quantitative estimate of drug-likeness (QED) is 0.727. The summed E-state index contributed by atoms with van der Waals surface area (Å²) >= 11 is 1.17. The number of amides is 1. The van der Waals surface area contributed by atoms with E-state index in [1.165, 1.54) is 30.6 Å². The van der Waals surface area contributed by atoms with Crippen molar-refractivity contribution < 1.29 is 18.3 Å². The van der Waals surface area contributed by atoms with E-state index in [4.69, 9.17) is 10.5 Å². The first kappa shape index (κ1) is 18.1. The van der Waals surface area contributed by atoms with Gasteiger partial charge in [0.15, 0.2) is 11.6 Å². The number of halogens is 2. The summed E-state index contributed by atoms with van der Waals surface area (Å²) in [7, 11) is 1.25. The first-order valence-corrected chi connectivity index (χ1v) is 8.60. The second-order valence-corrected chi connectivity index (χ2v) is 6.84. The third-order valence-electron chi connectivity index (χ3n) is 4.02. The van der Waals surface area contributed by atoms with Crippen LogP contribution in [0.5, 0.6) is 5.75 Å². The van der Waals surface area contributed by atoms with Crippen molar-refractivity contribution in [2.24, 2.45) is 0 Å². The number of benzene rings is 1. The Morgan fingerprint density at radius 3 is 2.73 bits per heavy atom. The number of anilines is 1. The van der Waals surface area contributed by atoms with Gasteiger partial charge in [0.1, 0.15) is 9.71 Å². The molecule has 0 unspecified atom stereocenters. The Bertz CT molecular complexity index is 1020. The third kappa shape index (κ3) is 3.08. The van der Waals surface area contributed by atoms with Gasteiger partial charge in [-0.1, -0.05) is 6.07 Å². The lowest BCUT2D eigenvalue weighted by Crippen LogP contribution is -2.23. The fourth-order valence-corrected chi connectivity index (χ4v) is 3.89. The molecule has 0 fully saturated rings. The van der Waals surface area contributed by atoms with Crippen molar-refractivity contribution in [2.45, 2.75) is 20.4 Å². The highest BCUT2D eigenvalue weighted by Crippen LogP contribution is 2.35. The Morgan fingerprint density at radius 2 is 2.04 bits per heavy atom. The van der Waals surface area contributed by atoms with Crippen LogP contribution in [-0.4, -0.2) is 18.0 Å². The zero-order chi connectivity index (χ0) is 19.0. The maximum atomic E-state index is 14.0. The van der Waals surface area contributed by atoms with Crippen molar-refractivity contribution in [3.05, 3.63) is 51.5 Å². The number of nitrogens with two attached hydrogens (primary N) is 1. The summed E-state index contributed by atoms with van der Waals surface area (Å²) in [6, 6.07) is 4.56. The van der Waals surface area contributed by atoms with Gasteiger partial charge in [0, 0.05) is 23.2 Å². The topological polar surface area (TPSA) is 77.2 Å². The Balaban J connectivity index is 1.85. The average molecular weight is 377 g/mol. The van der Waals surface area contributed by atoms with Crippen LogP contribution in [0.15, 0.2) is 18.2 Å². The van der Waals surface area contributed by atoms with E-state index in [1.54, 1.807) is 0 Å². The minimum absolute atomic E-state index is 0.0153. The number of hydrogen-bond acceptors (Lipinski definition) is 5. The molecule has 3 aromatic rings. The fraction of sp³-hybridized carbons (Fsp3) is 0.222. The van der Waals surface area contributed by atoms with Gasteiger partial charge >= 0.3 is 0 Å². The van der Waals surface area contributed by atoms with Crippen LogP contribution in [0.3, 0.4) is 0 Å². The van der Waals surface area contributed by atoms with Gasteiger partial charge in [0.2, 0.25) is 5.82 Å². The Hall–Kier alpha value is -2.74. The maximum absolute atomic E-state index is 14.0. The first-order valence-electron chi connectivity index (χ1n) is 7.78. The number of aryl methyl sites for hydroxylation is 2. The second-order valence-electron chi connectivity index (χ2n) is 5.84. The number of hydrogen-bond donors (Lipinski definition) is 2. The van der Waals surface area contributed by atoms with Crippen molar-refractivity contribution in [3.63, 3.8) is 0 Å². The third-order valence-corrected chi connectivity index (χ3v) is 5.11. The summed E-state index contributed by atoms with van der Waals surface area (Å²) in [5.41, 5.74) is 8.23. The lowest BCUT2D eigenvalue weighted by atomic mass is 10.1. The molecule has 0 spiro atoms. The highest BCUT2D eigenvalue weighted by atomic mass is 32.1. The number of nitrogens with one attached hydrogen (secondary N) is 1. The average Bonchev–Trinajstić information content (AvgIpc) is 2.92. The molecule has 0 aliphatic carbocycles. The van der Waals surface area contributed by atoms with Gasteiger partial charge < -0.3 is 15.8 Å². The summed E-state index contributed by atoms with van der Waals surface area (Å²) in [6.45, 7) is 3.59. The van der Waals surface area contributed by atoms with Crippen LogP contribution >= 0.6 is 11.3 Å². The van der Waals surface area contributed by atoms with Gasteiger partial charge in [0.05, 0.1) is 12.8 Å². The Kier molecular flexibility index (Phi) is 4.78. The van der Waals surface area contributed by atoms with Crippen molar-refractivity contribution >= 4 is 33.1 Å². The number of nitrogens with zero attached hydrogens (tertiary/aromatic N) is 1. The summed E-state index contributed by atoms with van der Waals surface area (Å²) in [6.07, 6.45) is 0. The minimum atomic E-state index is -1.09. The van der Waals surface area contributed by atoms with Crippen LogP contribution in [0.1, 0.15) is 26.5 Å². The highest BCUT2D eigenvalue weighted by molar-refractivity contribution is 7.21. The molecule has 0 aliphatic heterocycles. The van der Waals surface area contributed by atoms with E-state index in [9.17, 15) is 13.6 Å². The van der Waals surface area contributed by atoms with E-state index in [-0.39, 0.29) is 17.9 Å². The molecule has 136 valence electrons. The molecule has 5 nitrogen and oxygen atoms in total. The van der Waals surface area contributed by atoms with E-state index >= 15 is 0 Å². The zero-order valence-electron chi connectivity index (χ0n) is 14.4. The van der Waals surface area contributed by atoms with E-state index in [2.05, 4.69) is 10.3 Å². The molecule has 0 saturated carbocycles. The molecule has 0 radical (unpaired) electrons. The summed E-state index contributed by atoms with van der Waals surface area (Å²) in [5.74, 6) is -2.79. The molecular formula is C18H17F2N3O2S. The summed E-state index contributed by atoms with van der Waals surface area (Å²) < 4.78 is 32.5. The van der Waals surface area contributed by atoms with Crippen LogP contribution < -0.4 is 15.8 Å². The molecule has 2 aromatic heterocycles. The van der Waals surface area contributed by atoms with E-state index < -0.39 is 17.5 Å². The number of carbonyl (C=O) groups excluding carboxylic acids is 1. The number of fused-ring (bicyclic) bond motifs is 1. The molecule has 0 atom stereocenters. The molecule has 3 rings (SSSR count). The smallest absolute Gasteiger partial charge is 0.263 e. The number of rotatable bonds is 4. The predicted octanol–water partition coefficient (Wildman–Crippen LogP) is 3.71. The first-order chi connectivity index (χ1) is 12.3. The van der Waals surface area contributed by atoms with Crippen LogP contribution in [0, 0.1) is 25.5 Å². The minimum Gasteiger partial charge on any atom is -0.494 e. The summed E-state index contributed by atoms with van der Waals surface area (Å²) in [4.78, 5) is 17.8. The molecule has 0 aliphatic rings. The normalized spacial score (nSPS) is 11.0. The van der Waals surface area contributed by atoms with Crippen molar-refractivity contribution in [3.8, 4) is 5.75 Å². The van der Waals surface area contributed by atoms with Crippen LogP contribution in [0.25, 0.3) is 10.2 Å².